The van der Waals surface area contributed by atoms with E-state index in [1.54, 1.807) is 29.2 Å². The Hall–Kier alpha value is -5.07. The molecule has 2 aromatic heterocycles. The summed E-state index contributed by atoms with van der Waals surface area (Å²) < 4.78 is 25.1. The second-order valence-electron chi connectivity index (χ2n) is 8.91. The van der Waals surface area contributed by atoms with Crippen LogP contribution in [-0.4, -0.2) is 64.9 Å². The third-order valence-corrected chi connectivity index (χ3v) is 6.32. The van der Waals surface area contributed by atoms with Gasteiger partial charge in [-0.25, -0.2) is 4.39 Å². The molecule has 1 fully saturated rings. The highest BCUT2D eigenvalue weighted by Crippen LogP contribution is 2.27. The largest absolute Gasteiger partial charge is 0.507 e. The fraction of sp³-hybridized carbons (Fsp3) is 0.231. The van der Waals surface area contributed by atoms with E-state index in [9.17, 15) is 14.7 Å². The quantitative estimate of drug-likeness (QED) is 0.195. The van der Waals surface area contributed by atoms with Crippen molar-refractivity contribution in [3.8, 4) is 17.0 Å². The first-order chi connectivity index (χ1) is 18.9. The molecule has 0 bridgehead atoms. The van der Waals surface area contributed by atoms with Crippen LogP contribution in [0.5, 0.6) is 5.75 Å². The summed E-state index contributed by atoms with van der Waals surface area (Å²) in [6.45, 7) is 1.69. The molecule has 202 valence electrons. The molecule has 0 atom stereocenters. The minimum Gasteiger partial charge on any atom is -0.507 e. The fourth-order valence-electron chi connectivity index (χ4n) is 4.23. The Labute approximate surface area is 222 Å². The lowest BCUT2D eigenvalue weighted by atomic mass is 10.1. The Morgan fingerprint density at radius 1 is 1.05 bits per heavy atom. The standard InChI is InChI=1S/C26H26FN7O5/c27-20-11-16(21-13-18(39-31-21)14-29-24-5-10-38-32-24)1-3-22(20)33-6-8-34(9-7-33)25(36)15-30-26(37)19-12-17(28)2-4-23(19)35/h1-5,10-13,35H,6-9,14-15,28H2,(H,29,32)(H,30,37). The Balaban J connectivity index is 1.13. The van der Waals surface area contributed by atoms with Crippen molar-refractivity contribution in [3.05, 3.63) is 71.9 Å². The van der Waals surface area contributed by atoms with Crippen molar-refractivity contribution >= 4 is 29.0 Å². The van der Waals surface area contributed by atoms with E-state index >= 15 is 4.39 Å². The second-order valence-corrected chi connectivity index (χ2v) is 8.91. The highest BCUT2D eigenvalue weighted by Gasteiger charge is 2.24. The molecular formula is C26H26FN7O5. The Morgan fingerprint density at radius 3 is 2.62 bits per heavy atom. The van der Waals surface area contributed by atoms with Crippen LogP contribution in [0.25, 0.3) is 11.3 Å². The van der Waals surface area contributed by atoms with Gasteiger partial charge in [0.05, 0.1) is 24.3 Å². The highest BCUT2D eigenvalue weighted by molar-refractivity contribution is 5.99. The van der Waals surface area contributed by atoms with Gasteiger partial charge in [-0.3, -0.25) is 9.59 Å². The smallest absolute Gasteiger partial charge is 0.255 e. The number of aromatic hydroxyl groups is 1. The average molecular weight is 536 g/mol. The number of anilines is 3. The number of carbonyl (C=O) groups excluding carboxylic acids is 2. The normalized spacial score (nSPS) is 13.4. The predicted octanol–water partition coefficient (Wildman–Crippen LogP) is 2.45. The summed E-state index contributed by atoms with van der Waals surface area (Å²) in [5.74, 6) is -0.389. The summed E-state index contributed by atoms with van der Waals surface area (Å²) >= 11 is 0. The van der Waals surface area contributed by atoms with Gasteiger partial charge in [-0.15, -0.1) is 0 Å². The third kappa shape index (κ3) is 5.92. The maximum atomic E-state index is 15.1. The molecule has 0 unspecified atom stereocenters. The van der Waals surface area contributed by atoms with Crippen molar-refractivity contribution in [2.75, 3.05) is 48.7 Å². The van der Waals surface area contributed by atoms with Crippen LogP contribution in [0, 0.1) is 5.82 Å². The number of rotatable bonds is 8. The molecule has 39 heavy (non-hydrogen) atoms. The third-order valence-electron chi connectivity index (χ3n) is 6.32. The first-order valence-electron chi connectivity index (χ1n) is 12.2. The summed E-state index contributed by atoms with van der Waals surface area (Å²) in [6.07, 6.45) is 1.45. The number of hydrogen-bond donors (Lipinski definition) is 4. The van der Waals surface area contributed by atoms with Crippen LogP contribution in [0.3, 0.4) is 0 Å². The lowest BCUT2D eigenvalue weighted by molar-refractivity contribution is -0.130. The summed E-state index contributed by atoms with van der Waals surface area (Å²) in [4.78, 5) is 28.4. The number of amides is 2. The van der Waals surface area contributed by atoms with Gasteiger partial charge < -0.3 is 40.3 Å². The second kappa shape index (κ2) is 11.1. The SMILES string of the molecule is Nc1ccc(O)c(C(=O)NCC(=O)N2CCN(c3ccc(-c4cc(CNc5ccon5)on4)cc3F)CC2)c1. The van der Waals surface area contributed by atoms with Crippen molar-refractivity contribution in [2.24, 2.45) is 0 Å². The van der Waals surface area contributed by atoms with Gasteiger partial charge in [-0.2, -0.15) is 0 Å². The Kier molecular flexibility index (Phi) is 7.30. The van der Waals surface area contributed by atoms with Crippen LogP contribution in [0.15, 0.2) is 63.8 Å². The van der Waals surface area contributed by atoms with Crippen LogP contribution >= 0.6 is 0 Å². The maximum Gasteiger partial charge on any atom is 0.255 e. The van der Waals surface area contributed by atoms with Gasteiger partial charge in [-0.05, 0) is 30.3 Å². The number of carbonyl (C=O) groups is 2. The number of nitrogens with zero attached hydrogens (tertiary/aromatic N) is 4. The summed E-state index contributed by atoms with van der Waals surface area (Å²) in [6, 6.07) is 12.4. The van der Waals surface area contributed by atoms with Crippen molar-refractivity contribution < 1.29 is 28.1 Å². The lowest BCUT2D eigenvalue weighted by Crippen LogP contribution is -2.51. The van der Waals surface area contributed by atoms with Crippen molar-refractivity contribution in [1.82, 2.24) is 20.5 Å². The zero-order valence-electron chi connectivity index (χ0n) is 20.8. The summed E-state index contributed by atoms with van der Waals surface area (Å²) in [5.41, 5.74) is 7.48. The number of phenols is 1. The molecule has 13 heteroatoms. The maximum absolute atomic E-state index is 15.1. The van der Waals surface area contributed by atoms with Crippen LogP contribution in [0.4, 0.5) is 21.6 Å². The topological polar surface area (TPSA) is 163 Å². The number of hydrogen-bond acceptors (Lipinski definition) is 10. The highest BCUT2D eigenvalue weighted by atomic mass is 19.1. The van der Waals surface area contributed by atoms with Gasteiger partial charge in [0.1, 0.15) is 23.5 Å². The van der Waals surface area contributed by atoms with Gasteiger partial charge in [0, 0.05) is 49.6 Å². The van der Waals surface area contributed by atoms with Crippen LogP contribution in [-0.2, 0) is 11.3 Å². The van der Waals surface area contributed by atoms with Crippen molar-refractivity contribution in [3.63, 3.8) is 0 Å². The summed E-state index contributed by atoms with van der Waals surface area (Å²) in [7, 11) is 0. The minimum absolute atomic E-state index is 0.00314. The van der Waals surface area contributed by atoms with Gasteiger partial charge in [0.25, 0.3) is 5.91 Å². The molecule has 0 saturated carbocycles. The minimum atomic E-state index is -0.598. The van der Waals surface area contributed by atoms with E-state index in [-0.39, 0.29) is 23.8 Å². The van der Waals surface area contributed by atoms with Crippen LogP contribution in [0.2, 0.25) is 0 Å². The lowest BCUT2D eigenvalue weighted by Gasteiger charge is -2.36. The molecule has 1 aliphatic rings. The average Bonchev–Trinajstić information content (AvgIpc) is 3.64. The fourth-order valence-corrected chi connectivity index (χ4v) is 4.23. The molecule has 0 radical (unpaired) electrons. The zero-order chi connectivity index (χ0) is 27.4. The first kappa shape index (κ1) is 25.6. The number of nitrogens with two attached hydrogens (primary N) is 1. The van der Waals surface area contributed by atoms with E-state index < -0.39 is 11.7 Å². The van der Waals surface area contributed by atoms with Gasteiger partial charge >= 0.3 is 0 Å². The van der Waals surface area contributed by atoms with Crippen molar-refractivity contribution in [1.29, 1.82) is 0 Å². The number of benzene rings is 2. The number of phenolic OH excluding ortho intramolecular Hbond substituents is 1. The molecule has 2 amide bonds. The van der Waals surface area contributed by atoms with E-state index in [0.717, 1.165) is 0 Å². The Bertz CT molecular complexity index is 1470. The molecule has 0 spiro atoms. The van der Waals surface area contributed by atoms with Gasteiger partial charge in [-0.1, -0.05) is 16.4 Å². The molecule has 5 rings (SSSR count). The molecule has 2 aromatic carbocycles. The van der Waals surface area contributed by atoms with Crippen LogP contribution < -0.4 is 21.3 Å². The molecule has 4 aromatic rings. The predicted molar refractivity (Wildman–Crippen MR) is 139 cm³/mol. The summed E-state index contributed by atoms with van der Waals surface area (Å²) in [5, 5.41) is 23.2. The number of aromatic nitrogens is 2. The Morgan fingerprint density at radius 2 is 1.87 bits per heavy atom. The number of nitrogen functional groups attached to an aromatic ring is 1. The van der Waals surface area contributed by atoms with E-state index in [4.69, 9.17) is 14.8 Å². The molecule has 1 saturated heterocycles. The van der Waals surface area contributed by atoms with E-state index in [2.05, 4.69) is 20.9 Å². The molecular weight excluding hydrogens is 509 g/mol. The first-order valence-corrected chi connectivity index (χ1v) is 12.2. The van der Waals surface area contributed by atoms with Gasteiger partial charge in [0.2, 0.25) is 5.91 Å². The number of piperazine rings is 1. The molecule has 3 heterocycles. The molecule has 5 N–H and O–H groups in total. The molecule has 0 aliphatic carbocycles. The number of halogens is 1. The van der Waals surface area contributed by atoms with E-state index in [0.29, 0.717) is 66.9 Å². The van der Waals surface area contributed by atoms with Crippen molar-refractivity contribution in [2.45, 2.75) is 6.54 Å². The molecule has 1 aliphatic heterocycles. The monoisotopic (exact) mass is 535 g/mol. The van der Waals surface area contributed by atoms with E-state index in [1.165, 1.54) is 30.5 Å². The van der Waals surface area contributed by atoms with E-state index in [1.807, 2.05) is 4.90 Å². The zero-order valence-corrected chi connectivity index (χ0v) is 20.8. The van der Waals surface area contributed by atoms with Crippen LogP contribution in [0.1, 0.15) is 16.1 Å². The number of nitrogens with one attached hydrogen (secondary N) is 2. The molecule has 12 nitrogen and oxygen atoms in total. The van der Waals surface area contributed by atoms with Gasteiger partial charge in [0.15, 0.2) is 11.6 Å².